The molecule has 0 heterocycles. The molecule has 1 saturated carbocycles. The van der Waals surface area contributed by atoms with Gasteiger partial charge in [-0.25, -0.2) is 8.78 Å². The van der Waals surface area contributed by atoms with E-state index >= 15 is 0 Å². The molecule has 0 unspecified atom stereocenters. The fourth-order valence-electron chi connectivity index (χ4n) is 2.58. The molecule has 3 N–H and O–H groups in total. The molecular weight excluding hydrogens is 262 g/mol. The maximum absolute atomic E-state index is 13.8. The van der Waals surface area contributed by atoms with Crippen molar-refractivity contribution in [1.29, 1.82) is 0 Å². The largest absolute Gasteiger partial charge is 0.396 e. The van der Waals surface area contributed by atoms with Crippen LogP contribution in [0.5, 0.6) is 0 Å². The zero-order valence-corrected chi connectivity index (χ0v) is 11.8. The first kappa shape index (κ1) is 14.8. The lowest BCUT2D eigenvalue weighted by Crippen LogP contribution is -2.40. The molecule has 0 spiro atoms. The van der Waals surface area contributed by atoms with Crippen molar-refractivity contribution in [3.63, 3.8) is 0 Å². The molecule has 0 aromatic heterocycles. The average Bonchev–Trinajstić information content (AvgIpc) is 2.37. The topological polar surface area (TPSA) is 55.1 Å². The van der Waals surface area contributed by atoms with Gasteiger partial charge in [0.05, 0.1) is 5.69 Å². The smallest absolute Gasteiger partial charge is 0.257 e. The standard InChI is InChI=1S/C15H20F2N2O/c1-15(2)7-5-9(6-8-15)19-14(20)12-10(16)3-4-11(18)13(12)17/h3-4,9H,5-8,18H2,1-2H3,(H,19,20). The number of amides is 1. The molecule has 0 saturated heterocycles. The average molecular weight is 282 g/mol. The lowest BCUT2D eigenvalue weighted by atomic mass is 9.75. The molecule has 1 aromatic rings. The number of hydrogen-bond donors (Lipinski definition) is 2. The van der Waals surface area contributed by atoms with Gasteiger partial charge in [-0.3, -0.25) is 4.79 Å². The summed E-state index contributed by atoms with van der Waals surface area (Å²) in [6.07, 6.45) is 3.62. The number of benzene rings is 1. The second-order valence-electron chi connectivity index (χ2n) is 6.24. The number of rotatable bonds is 2. The van der Waals surface area contributed by atoms with E-state index in [9.17, 15) is 13.6 Å². The van der Waals surface area contributed by atoms with Crippen LogP contribution in [0.2, 0.25) is 0 Å². The van der Waals surface area contributed by atoms with Gasteiger partial charge in [-0.05, 0) is 43.2 Å². The third kappa shape index (κ3) is 3.08. The van der Waals surface area contributed by atoms with Crippen LogP contribution in [0.15, 0.2) is 12.1 Å². The summed E-state index contributed by atoms with van der Waals surface area (Å²) in [4.78, 5) is 12.0. The van der Waals surface area contributed by atoms with Crippen LogP contribution < -0.4 is 11.1 Å². The second kappa shape index (κ2) is 5.38. The number of anilines is 1. The van der Waals surface area contributed by atoms with E-state index < -0.39 is 23.1 Å². The molecule has 1 aliphatic carbocycles. The summed E-state index contributed by atoms with van der Waals surface area (Å²) < 4.78 is 27.4. The van der Waals surface area contributed by atoms with Crippen LogP contribution in [-0.2, 0) is 0 Å². The predicted molar refractivity (Wildman–Crippen MR) is 74.3 cm³/mol. The van der Waals surface area contributed by atoms with Gasteiger partial charge in [0, 0.05) is 6.04 Å². The number of carbonyl (C=O) groups excluding carboxylic acids is 1. The first-order valence-corrected chi connectivity index (χ1v) is 6.84. The minimum atomic E-state index is -0.987. The number of halogens is 2. The van der Waals surface area contributed by atoms with E-state index in [0.29, 0.717) is 0 Å². The van der Waals surface area contributed by atoms with Gasteiger partial charge in [-0.15, -0.1) is 0 Å². The van der Waals surface area contributed by atoms with Crippen molar-refractivity contribution in [1.82, 2.24) is 5.32 Å². The fraction of sp³-hybridized carbons (Fsp3) is 0.533. The minimum Gasteiger partial charge on any atom is -0.396 e. The van der Waals surface area contributed by atoms with Gasteiger partial charge in [0.15, 0.2) is 5.82 Å². The number of nitrogen functional groups attached to an aromatic ring is 1. The van der Waals surface area contributed by atoms with Gasteiger partial charge in [0.25, 0.3) is 5.91 Å². The zero-order valence-electron chi connectivity index (χ0n) is 11.8. The summed E-state index contributed by atoms with van der Waals surface area (Å²) in [7, 11) is 0. The van der Waals surface area contributed by atoms with Crippen LogP contribution in [0, 0.1) is 17.0 Å². The van der Waals surface area contributed by atoms with Crippen molar-refractivity contribution in [2.75, 3.05) is 5.73 Å². The van der Waals surface area contributed by atoms with Crippen molar-refractivity contribution in [3.8, 4) is 0 Å². The summed E-state index contributed by atoms with van der Waals surface area (Å²) in [5, 5.41) is 2.71. The fourth-order valence-corrected chi connectivity index (χ4v) is 2.58. The monoisotopic (exact) mass is 282 g/mol. The Morgan fingerprint density at radius 3 is 2.50 bits per heavy atom. The van der Waals surface area contributed by atoms with E-state index in [-0.39, 0.29) is 17.1 Å². The molecule has 1 aliphatic rings. The second-order valence-corrected chi connectivity index (χ2v) is 6.24. The Hall–Kier alpha value is -1.65. The van der Waals surface area contributed by atoms with Gasteiger partial charge in [0.2, 0.25) is 0 Å². The molecule has 0 atom stereocenters. The van der Waals surface area contributed by atoms with Gasteiger partial charge in [0.1, 0.15) is 11.4 Å². The van der Waals surface area contributed by atoms with E-state index in [0.717, 1.165) is 37.8 Å². The molecule has 3 nitrogen and oxygen atoms in total. The molecule has 1 amide bonds. The lowest BCUT2D eigenvalue weighted by Gasteiger charge is -2.34. The molecule has 0 radical (unpaired) electrons. The van der Waals surface area contributed by atoms with E-state index in [2.05, 4.69) is 19.2 Å². The highest BCUT2D eigenvalue weighted by atomic mass is 19.1. The van der Waals surface area contributed by atoms with Crippen molar-refractivity contribution in [3.05, 3.63) is 29.3 Å². The van der Waals surface area contributed by atoms with Crippen molar-refractivity contribution >= 4 is 11.6 Å². The highest BCUT2D eigenvalue weighted by Gasteiger charge is 2.29. The molecule has 5 heteroatoms. The van der Waals surface area contributed by atoms with Crippen LogP contribution in [0.4, 0.5) is 14.5 Å². The van der Waals surface area contributed by atoms with E-state index in [1.807, 2.05) is 0 Å². The van der Waals surface area contributed by atoms with Crippen LogP contribution in [0.3, 0.4) is 0 Å². The molecule has 1 aromatic carbocycles. The van der Waals surface area contributed by atoms with Crippen LogP contribution in [0.25, 0.3) is 0 Å². The summed E-state index contributed by atoms with van der Waals surface area (Å²) in [5.41, 5.74) is 4.84. The van der Waals surface area contributed by atoms with E-state index in [1.165, 1.54) is 0 Å². The van der Waals surface area contributed by atoms with Crippen LogP contribution in [-0.4, -0.2) is 11.9 Å². The maximum atomic E-state index is 13.8. The molecule has 0 bridgehead atoms. The third-order valence-electron chi connectivity index (χ3n) is 4.02. The Labute approximate surface area is 117 Å². The SMILES string of the molecule is CC1(C)CCC(NC(=O)c2c(F)ccc(N)c2F)CC1. The van der Waals surface area contributed by atoms with Crippen molar-refractivity contribution in [2.24, 2.45) is 5.41 Å². The highest BCUT2D eigenvalue weighted by molar-refractivity contribution is 5.95. The first-order valence-electron chi connectivity index (χ1n) is 6.84. The lowest BCUT2D eigenvalue weighted by molar-refractivity contribution is 0.0900. The van der Waals surface area contributed by atoms with Gasteiger partial charge < -0.3 is 11.1 Å². The Morgan fingerprint density at radius 1 is 1.30 bits per heavy atom. The molecule has 110 valence electrons. The Kier molecular flexibility index (Phi) is 3.97. The van der Waals surface area contributed by atoms with Crippen molar-refractivity contribution < 1.29 is 13.6 Å². The highest BCUT2D eigenvalue weighted by Crippen LogP contribution is 2.35. The van der Waals surface area contributed by atoms with Gasteiger partial charge in [-0.1, -0.05) is 13.8 Å². The Balaban J connectivity index is 2.08. The van der Waals surface area contributed by atoms with E-state index in [1.54, 1.807) is 0 Å². The summed E-state index contributed by atoms with van der Waals surface area (Å²) >= 11 is 0. The van der Waals surface area contributed by atoms with Gasteiger partial charge >= 0.3 is 0 Å². The normalized spacial score (nSPS) is 18.8. The maximum Gasteiger partial charge on any atom is 0.257 e. The molecule has 1 fully saturated rings. The summed E-state index contributed by atoms with van der Waals surface area (Å²) in [6.45, 7) is 4.37. The predicted octanol–water partition coefficient (Wildman–Crippen LogP) is 3.25. The minimum absolute atomic E-state index is 0.0317. The number of hydrogen-bond acceptors (Lipinski definition) is 2. The molecule has 0 aliphatic heterocycles. The summed E-state index contributed by atoms with van der Waals surface area (Å²) in [6, 6.07) is 2.10. The van der Waals surface area contributed by atoms with Gasteiger partial charge in [-0.2, -0.15) is 0 Å². The summed E-state index contributed by atoms with van der Waals surface area (Å²) in [5.74, 6) is -2.60. The Bertz CT molecular complexity index is 519. The molecule has 2 rings (SSSR count). The zero-order chi connectivity index (χ0) is 14.9. The van der Waals surface area contributed by atoms with Crippen LogP contribution >= 0.6 is 0 Å². The van der Waals surface area contributed by atoms with E-state index in [4.69, 9.17) is 5.73 Å². The molecular formula is C15H20F2N2O. The molecule has 20 heavy (non-hydrogen) atoms. The number of carbonyl (C=O) groups is 1. The Morgan fingerprint density at radius 2 is 1.90 bits per heavy atom. The number of nitrogens with two attached hydrogens (primary N) is 1. The quantitative estimate of drug-likeness (QED) is 0.818. The first-order chi connectivity index (χ1) is 9.30. The third-order valence-corrected chi connectivity index (χ3v) is 4.02. The van der Waals surface area contributed by atoms with Crippen LogP contribution in [0.1, 0.15) is 49.9 Å². The number of nitrogens with one attached hydrogen (secondary N) is 1. The van der Waals surface area contributed by atoms with Crippen molar-refractivity contribution in [2.45, 2.75) is 45.6 Å².